The molecule has 3 nitrogen and oxygen atoms in total. The molecular formula is C16H11BrFNO2S. The average molecular weight is 380 g/mol. The van der Waals surface area contributed by atoms with Gasteiger partial charge in [0.05, 0.1) is 10.9 Å². The molecule has 3 rings (SSSR count). The summed E-state index contributed by atoms with van der Waals surface area (Å²) in [5.74, 6) is -0.917. The molecule has 112 valence electrons. The van der Waals surface area contributed by atoms with Crippen LogP contribution in [0.3, 0.4) is 0 Å². The van der Waals surface area contributed by atoms with Gasteiger partial charge in [-0.3, -0.25) is 9.59 Å². The standard InChI is InChI=1S/C16H11BrFNO2S/c17-10-1-7-13(8-2-10)22-14-9-15(20)19(16(14)21)12-5-3-11(18)4-6-12/h1-8,14H,9H2. The first-order chi connectivity index (χ1) is 10.5. The lowest BCUT2D eigenvalue weighted by Gasteiger charge is -2.14. The molecule has 0 saturated carbocycles. The fourth-order valence-corrected chi connectivity index (χ4v) is 3.55. The van der Waals surface area contributed by atoms with Gasteiger partial charge in [0.2, 0.25) is 11.8 Å². The Labute approximate surface area is 139 Å². The van der Waals surface area contributed by atoms with Crippen LogP contribution in [0.2, 0.25) is 0 Å². The van der Waals surface area contributed by atoms with Crippen molar-refractivity contribution in [3.8, 4) is 0 Å². The number of hydrogen-bond acceptors (Lipinski definition) is 3. The summed E-state index contributed by atoms with van der Waals surface area (Å²) in [6.07, 6.45) is 0.150. The summed E-state index contributed by atoms with van der Waals surface area (Å²) < 4.78 is 13.9. The molecule has 1 saturated heterocycles. The molecular weight excluding hydrogens is 369 g/mol. The first-order valence-electron chi connectivity index (χ1n) is 6.59. The number of benzene rings is 2. The molecule has 2 aromatic rings. The fraction of sp³-hybridized carbons (Fsp3) is 0.125. The maximum atomic E-state index is 13.0. The number of carbonyl (C=O) groups is 2. The molecule has 0 radical (unpaired) electrons. The van der Waals surface area contributed by atoms with Gasteiger partial charge >= 0.3 is 0 Å². The zero-order valence-electron chi connectivity index (χ0n) is 11.3. The van der Waals surface area contributed by atoms with E-state index in [9.17, 15) is 14.0 Å². The van der Waals surface area contributed by atoms with Crippen LogP contribution in [-0.4, -0.2) is 17.1 Å². The van der Waals surface area contributed by atoms with Crippen LogP contribution in [0.4, 0.5) is 10.1 Å². The molecule has 0 bridgehead atoms. The highest BCUT2D eigenvalue weighted by Gasteiger charge is 2.40. The summed E-state index contributed by atoms with van der Waals surface area (Å²) in [7, 11) is 0. The van der Waals surface area contributed by atoms with Gasteiger partial charge in [0, 0.05) is 15.8 Å². The number of halogens is 2. The SMILES string of the molecule is O=C1CC(Sc2ccc(Br)cc2)C(=O)N1c1ccc(F)cc1. The van der Waals surface area contributed by atoms with Crippen molar-refractivity contribution >= 4 is 45.2 Å². The monoisotopic (exact) mass is 379 g/mol. The van der Waals surface area contributed by atoms with Crippen LogP contribution in [0.15, 0.2) is 57.9 Å². The van der Waals surface area contributed by atoms with Gasteiger partial charge in [-0.2, -0.15) is 0 Å². The summed E-state index contributed by atoms with van der Waals surface area (Å²) in [5, 5.41) is -0.446. The molecule has 1 aliphatic heterocycles. The Hall–Kier alpha value is -1.66. The lowest BCUT2D eigenvalue weighted by molar-refractivity contribution is -0.121. The number of carbonyl (C=O) groups excluding carboxylic acids is 2. The quantitative estimate of drug-likeness (QED) is 0.756. The first kappa shape index (κ1) is 15.2. The van der Waals surface area contributed by atoms with Crippen molar-refractivity contribution in [2.24, 2.45) is 0 Å². The van der Waals surface area contributed by atoms with E-state index in [1.807, 2.05) is 24.3 Å². The predicted molar refractivity (Wildman–Crippen MR) is 87.3 cm³/mol. The van der Waals surface area contributed by atoms with E-state index < -0.39 is 11.1 Å². The molecule has 1 aliphatic rings. The van der Waals surface area contributed by atoms with E-state index in [1.54, 1.807) is 0 Å². The van der Waals surface area contributed by atoms with Gasteiger partial charge in [-0.25, -0.2) is 9.29 Å². The summed E-state index contributed by atoms with van der Waals surface area (Å²) in [6.45, 7) is 0. The summed E-state index contributed by atoms with van der Waals surface area (Å²) in [4.78, 5) is 26.6. The van der Waals surface area contributed by atoms with E-state index in [0.29, 0.717) is 5.69 Å². The largest absolute Gasteiger partial charge is 0.274 e. The number of imide groups is 1. The van der Waals surface area contributed by atoms with Crippen molar-refractivity contribution in [3.63, 3.8) is 0 Å². The van der Waals surface area contributed by atoms with Gasteiger partial charge in [0.25, 0.3) is 0 Å². The second kappa shape index (κ2) is 6.22. The summed E-state index contributed by atoms with van der Waals surface area (Å²) in [5.41, 5.74) is 0.412. The predicted octanol–water partition coefficient (Wildman–Crippen LogP) is 4.01. The molecule has 1 unspecified atom stereocenters. The van der Waals surface area contributed by atoms with Crippen LogP contribution in [0.25, 0.3) is 0 Å². The van der Waals surface area contributed by atoms with Crippen molar-refractivity contribution in [3.05, 3.63) is 58.8 Å². The van der Waals surface area contributed by atoms with Crippen LogP contribution < -0.4 is 4.90 Å². The van der Waals surface area contributed by atoms with Crippen molar-refractivity contribution in [2.75, 3.05) is 4.90 Å². The van der Waals surface area contributed by atoms with Crippen molar-refractivity contribution in [2.45, 2.75) is 16.6 Å². The highest BCUT2D eigenvalue weighted by atomic mass is 79.9. The Bertz CT molecular complexity index is 718. The third-order valence-electron chi connectivity index (χ3n) is 3.28. The summed E-state index contributed by atoms with van der Waals surface area (Å²) in [6, 6.07) is 12.9. The number of thioether (sulfide) groups is 1. The third kappa shape index (κ3) is 3.08. The zero-order chi connectivity index (χ0) is 15.7. The minimum atomic E-state index is -0.446. The highest BCUT2D eigenvalue weighted by Crippen LogP contribution is 2.34. The minimum absolute atomic E-state index is 0.150. The minimum Gasteiger partial charge on any atom is -0.274 e. The van der Waals surface area contributed by atoms with Crippen LogP contribution >= 0.6 is 27.7 Å². The van der Waals surface area contributed by atoms with Crippen molar-refractivity contribution < 1.29 is 14.0 Å². The molecule has 0 spiro atoms. The summed E-state index contributed by atoms with van der Waals surface area (Å²) >= 11 is 4.72. The van der Waals surface area contributed by atoms with E-state index in [0.717, 1.165) is 14.3 Å². The number of nitrogens with zero attached hydrogens (tertiary/aromatic N) is 1. The lowest BCUT2D eigenvalue weighted by Crippen LogP contribution is -2.31. The third-order valence-corrected chi connectivity index (χ3v) is 5.01. The van der Waals surface area contributed by atoms with Crippen LogP contribution in [0.5, 0.6) is 0 Å². The number of amides is 2. The zero-order valence-corrected chi connectivity index (χ0v) is 13.7. The van der Waals surface area contributed by atoms with Crippen molar-refractivity contribution in [1.82, 2.24) is 0 Å². The Morgan fingerprint density at radius 2 is 1.68 bits per heavy atom. The molecule has 0 aromatic heterocycles. The molecule has 0 aliphatic carbocycles. The van der Waals surface area contributed by atoms with E-state index in [-0.39, 0.29) is 18.2 Å². The number of anilines is 1. The van der Waals surface area contributed by atoms with Gasteiger partial charge < -0.3 is 0 Å². The first-order valence-corrected chi connectivity index (χ1v) is 8.26. The van der Waals surface area contributed by atoms with Crippen LogP contribution in [-0.2, 0) is 9.59 Å². The topological polar surface area (TPSA) is 37.4 Å². The number of rotatable bonds is 3. The van der Waals surface area contributed by atoms with Gasteiger partial charge in [-0.05, 0) is 48.5 Å². The lowest BCUT2D eigenvalue weighted by atomic mass is 10.3. The molecule has 1 fully saturated rings. The molecule has 2 aromatic carbocycles. The molecule has 6 heteroatoms. The van der Waals surface area contributed by atoms with E-state index >= 15 is 0 Å². The van der Waals surface area contributed by atoms with E-state index in [4.69, 9.17) is 0 Å². The Morgan fingerprint density at radius 1 is 1.05 bits per heavy atom. The van der Waals surface area contributed by atoms with Gasteiger partial charge in [-0.15, -0.1) is 11.8 Å². The van der Waals surface area contributed by atoms with E-state index in [1.165, 1.54) is 36.0 Å². The van der Waals surface area contributed by atoms with Gasteiger partial charge in [0.1, 0.15) is 5.82 Å². The smallest absolute Gasteiger partial charge is 0.247 e. The van der Waals surface area contributed by atoms with Crippen LogP contribution in [0, 0.1) is 5.82 Å². The molecule has 0 N–H and O–H groups in total. The Kier molecular flexibility index (Phi) is 4.31. The van der Waals surface area contributed by atoms with Gasteiger partial charge in [-0.1, -0.05) is 15.9 Å². The second-order valence-electron chi connectivity index (χ2n) is 4.81. The van der Waals surface area contributed by atoms with Crippen molar-refractivity contribution in [1.29, 1.82) is 0 Å². The Morgan fingerprint density at radius 3 is 2.32 bits per heavy atom. The van der Waals surface area contributed by atoms with E-state index in [2.05, 4.69) is 15.9 Å². The second-order valence-corrected chi connectivity index (χ2v) is 7.00. The number of hydrogen-bond donors (Lipinski definition) is 0. The van der Waals surface area contributed by atoms with Crippen LogP contribution in [0.1, 0.15) is 6.42 Å². The normalized spacial score (nSPS) is 18.1. The maximum Gasteiger partial charge on any atom is 0.247 e. The molecule has 1 heterocycles. The average Bonchev–Trinajstić information content (AvgIpc) is 2.77. The Balaban J connectivity index is 1.79. The fourth-order valence-electron chi connectivity index (χ4n) is 2.23. The van der Waals surface area contributed by atoms with Gasteiger partial charge in [0.15, 0.2) is 0 Å². The molecule has 1 atom stereocenters. The molecule has 2 amide bonds. The highest BCUT2D eigenvalue weighted by molar-refractivity contribution is 9.10. The molecule has 22 heavy (non-hydrogen) atoms. The maximum absolute atomic E-state index is 13.0.